The van der Waals surface area contributed by atoms with Crippen LogP contribution in [-0.2, 0) is 16.6 Å². The van der Waals surface area contributed by atoms with Crippen LogP contribution >= 0.6 is 0 Å². The van der Waals surface area contributed by atoms with Gasteiger partial charge in [-0.05, 0) is 60.6 Å². The molecule has 0 heterocycles. The number of hydrogen-bond donors (Lipinski definition) is 3. The Morgan fingerprint density at radius 1 is 1.07 bits per heavy atom. The Morgan fingerprint density at radius 2 is 1.74 bits per heavy atom. The Balaban J connectivity index is 1.90. The van der Waals surface area contributed by atoms with Gasteiger partial charge in [-0.2, -0.15) is 0 Å². The summed E-state index contributed by atoms with van der Waals surface area (Å²) in [6, 6.07) is 9.01. The zero-order valence-corrected chi connectivity index (χ0v) is 16.7. The Morgan fingerprint density at radius 3 is 2.41 bits per heavy atom. The molecule has 5 nitrogen and oxygen atoms in total. The second-order valence-electron chi connectivity index (χ2n) is 7.91. The topological polar surface area (TPSA) is 78.8 Å². The van der Waals surface area contributed by atoms with E-state index in [-0.39, 0.29) is 29.4 Å². The average molecular weight is 371 g/mol. The molecule has 0 aliphatic rings. The van der Waals surface area contributed by atoms with Crippen LogP contribution in [0.2, 0.25) is 0 Å². The predicted octanol–water partition coefficient (Wildman–Crippen LogP) is 3.75. The third-order valence-electron chi connectivity index (χ3n) is 4.45. The third kappa shape index (κ3) is 5.64. The fraction of sp³-hybridized carbons (Fsp3) is 0.409. The summed E-state index contributed by atoms with van der Waals surface area (Å²) in [5, 5.41) is 21.9. The van der Waals surface area contributed by atoms with Crippen molar-refractivity contribution in [2.24, 2.45) is 0 Å². The molecule has 0 aromatic heterocycles. The van der Waals surface area contributed by atoms with Crippen LogP contribution in [0, 0.1) is 13.8 Å². The first-order chi connectivity index (χ1) is 12.6. The van der Waals surface area contributed by atoms with E-state index in [1.165, 1.54) is 12.1 Å². The summed E-state index contributed by atoms with van der Waals surface area (Å²) >= 11 is 0. The highest BCUT2D eigenvalue weighted by Crippen LogP contribution is 2.32. The van der Waals surface area contributed by atoms with Gasteiger partial charge in [0.05, 0.1) is 0 Å². The number of ether oxygens (including phenoxy) is 1. The SMILES string of the molecule is Cc1ccc(OCC(=O)NCCc2cc(O)c(O)cc2C)c(C(C)(C)C)c1. The highest BCUT2D eigenvalue weighted by Gasteiger charge is 2.19. The maximum atomic E-state index is 12.1. The first kappa shape index (κ1) is 20.6. The molecule has 0 spiro atoms. The zero-order chi connectivity index (χ0) is 20.2. The van der Waals surface area contributed by atoms with E-state index in [0.717, 1.165) is 28.0 Å². The smallest absolute Gasteiger partial charge is 0.257 e. The minimum Gasteiger partial charge on any atom is -0.504 e. The molecule has 2 aromatic carbocycles. The average Bonchev–Trinajstić information content (AvgIpc) is 2.57. The highest BCUT2D eigenvalue weighted by atomic mass is 16.5. The van der Waals surface area contributed by atoms with E-state index in [1.807, 2.05) is 26.0 Å². The molecule has 5 heteroatoms. The number of phenols is 2. The second-order valence-corrected chi connectivity index (χ2v) is 7.91. The van der Waals surface area contributed by atoms with E-state index in [4.69, 9.17) is 4.74 Å². The van der Waals surface area contributed by atoms with Gasteiger partial charge in [0.25, 0.3) is 5.91 Å². The number of rotatable bonds is 6. The molecular weight excluding hydrogens is 342 g/mol. The van der Waals surface area contributed by atoms with Crippen molar-refractivity contribution in [3.8, 4) is 17.2 Å². The number of hydrogen-bond acceptors (Lipinski definition) is 4. The van der Waals surface area contributed by atoms with Crippen LogP contribution in [0.25, 0.3) is 0 Å². The molecule has 27 heavy (non-hydrogen) atoms. The lowest BCUT2D eigenvalue weighted by Gasteiger charge is -2.23. The third-order valence-corrected chi connectivity index (χ3v) is 4.45. The zero-order valence-electron chi connectivity index (χ0n) is 16.7. The maximum Gasteiger partial charge on any atom is 0.257 e. The highest BCUT2D eigenvalue weighted by molar-refractivity contribution is 5.77. The van der Waals surface area contributed by atoms with Crippen molar-refractivity contribution in [1.82, 2.24) is 5.32 Å². The van der Waals surface area contributed by atoms with Crippen molar-refractivity contribution in [2.45, 2.75) is 46.5 Å². The van der Waals surface area contributed by atoms with Crippen molar-refractivity contribution in [3.05, 3.63) is 52.6 Å². The monoisotopic (exact) mass is 371 g/mol. The largest absolute Gasteiger partial charge is 0.504 e. The Hall–Kier alpha value is -2.69. The molecule has 0 fully saturated rings. The van der Waals surface area contributed by atoms with Gasteiger partial charge in [0.2, 0.25) is 0 Å². The summed E-state index contributed by atoms with van der Waals surface area (Å²) in [6.07, 6.45) is 0.559. The Labute approximate surface area is 161 Å². The number of amides is 1. The van der Waals surface area contributed by atoms with Crippen molar-refractivity contribution in [1.29, 1.82) is 0 Å². The van der Waals surface area contributed by atoms with Gasteiger partial charge < -0.3 is 20.3 Å². The normalized spacial score (nSPS) is 11.3. The van der Waals surface area contributed by atoms with Gasteiger partial charge in [-0.25, -0.2) is 0 Å². The fourth-order valence-electron chi connectivity index (χ4n) is 2.88. The van der Waals surface area contributed by atoms with Gasteiger partial charge >= 0.3 is 0 Å². The van der Waals surface area contributed by atoms with Gasteiger partial charge in [0.15, 0.2) is 18.1 Å². The number of aryl methyl sites for hydroxylation is 2. The molecule has 0 bridgehead atoms. The molecule has 146 valence electrons. The number of carbonyl (C=O) groups is 1. The van der Waals surface area contributed by atoms with Crippen LogP contribution in [0.3, 0.4) is 0 Å². The van der Waals surface area contributed by atoms with E-state index in [1.54, 1.807) is 0 Å². The van der Waals surface area contributed by atoms with Crippen LogP contribution < -0.4 is 10.1 Å². The molecule has 1 amide bonds. The van der Waals surface area contributed by atoms with Crippen LogP contribution in [0.4, 0.5) is 0 Å². The standard InChI is InChI=1S/C22H29NO4/c1-14-6-7-20(17(10-14)22(3,4)5)27-13-21(26)23-9-8-16-12-19(25)18(24)11-15(16)2/h6-7,10-12,24-25H,8-9,13H2,1-5H3,(H,23,26). The Kier molecular flexibility index (Phi) is 6.37. The van der Waals surface area contributed by atoms with Crippen molar-refractivity contribution >= 4 is 5.91 Å². The second kappa shape index (κ2) is 8.33. The summed E-state index contributed by atoms with van der Waals surface area (Å²) in [5.41, 5.74) is 3.90. The Bertz CT molecular complexity index is 822. The van der Waals surface area contributed by atoms with E-state index < -0.39 is 0 Å². The maximum absolute atomic E-state index is 12.1. The summed E-state index contributed by atoms with van der Waals surface area (Å²) in [7, 11) is 0. The molecule has 0 saturated carbocycles. The minimum absolute atomic E-state index is 0.0497. The van der Waals surface area contributed by atoms with Gasteiger partial charge in [0.1, 0.15) is 5.75 Å². The summed E-state index contributed by atoms with van der Waals surface area (Å²) in [6.45, 7) is 10.6. The lowest BCUT2D eigenvalue weighted by atomic mass is 9.85. The molecule has 0 radical (unpaired) electrons. The summed E-state index contributed by atoms with van der Waals surface area (Å²) in [5.74, 6) is 0.236. The van der Waals surface area contributed by atoms with E-state index in [0.29, 0.717) is 13.0 Å². The molecule has 0 saturated heterocycles. The van der Waals surface area contributed by atoms with Gasteiger partial charge in [-0.15, -0.1) is 0 Å². The van der Waals surface area contributed by atoms with Gasteiger partial charge in [-0.3, -0.25) is 4.79 Å². The van der Waals surface area contributed by atoms with E-state index >= 15 is 0 Å². The quantitative estimate of drug-likeness (QED) is 0.676. The molecular formula is C22H29NO4. The number of nitrogens with one attached hydrogen (secondary N) is 1. The number of aromatic hydroxyl groups is 2. The lowest BCUT2D eigenvalue weighted by molar-refractivity contribution is -0.123. The lowest BCUT2D eigenvalue weighted by Crippen LogP contribution is -2.31. The molecule has 0 aliphatic heterocycles. The predicted molar refractivity (Wildman–Crippen MR) is 107 cm³/mol. The molecule has 0 unspecified atom stereocenters. The van der Waals surface area contributed by atoms with E-state index in [9.17, 15) is 15.0 Å². The molecule has 3 N–H and O–H groups in total. The van der Waals surface area contributed by atoms with Crippen LogP contribution in [0.1, 0.15) is 43.0 Å². The van der Waals surface area contributed by atoms with Crippen molar-refractivity contribution < 1.29 is 19.7 Å². The number of benzene rings is 2. The summed E-state index contributed by atoms with van der Waals surface area (Å²) in [4.78, 5) is 12.1. The number of phenolic OH excluding ortho intramolecular Hbond substituents is 2. The minimum atomic E-state index is -0.198. The molecule has 0 atom stereocenters. The van der Waals surface area contributed by atoms with Gasteiger partial charge in [-0.1, -0.05) is 38.5 Å². The van der Waals surface area contributed by atoms with Gasteiger partial charge in [0, 0.05) is 6.54 Å². The van der Waals surface area contributed by atoms with Crippen molar-refractivity contribution in [3.63, 3.8) is 0 Å². The van der Waals surface area contributed by atoms with Crippen LogP contribution in [-0.4, -0.2) is 29.3 Å². The van der Waals surface area contributed by atoms with Crippen LogP contribution in [0.5, 0.6) is 17.2 Å². The first-order valence-corrected chi connectivity index (χ1v) is 9.10. The number of carbonyl (C=O) groups excluding carboxylic acids is 1. The molecule has 0 aliphatic carbocycles. The van der Waals surface area contributed by atoms with Crippen LogP contribution in [0.15, 0.2) is 30.3 Å². The van der Waals surface area contributed by atoms with Crippen molar-refractivity contribution in [2.75, 3.05) is 13.2 Å². The fourth-order valence-corrected chi connectivity index (χ4v) is 2.88. The molecule has 2 rings (SSSR count). The summed E-state index contributed by atoms with van der Waals surface area (Å²) < 4.78 is 5.76. The van der Waals surface area contributed by atoms with E-state index in [2.05, 4.69) is 32.2 Å². The first-order valence-electron chi connectivity index (χ1n) is 9.10. The molecule has 2 aromatic rings.